The molecule has 146 valence electrons. The average Bonchev–Trinajstić information content (AvgIpc) is 3.06. The number of methoxy groups -OCH3 is 1. The lowest BCUT2D eigenvalue weighted by Gasteiger charge is -2.29. The second kappa shape index (κ2) is 7.20. The van der Waals surface area contributed by atoms with Gasteiger partial charge in [0.1, 0.15) is 6.04 Å². The van der Waals surface area contributed by atoms with E-state index < -0.39 is 12.0 Å². The molecule has 0 radical (unpaired) electrons. The molecule has 6 nitrogen and oxygen atoms in total. The van der Waals surface area contributed by atoms with Crippen molar-refractivity contribution in [1.29, 1.82) is 0 Å². The summed E-state index contributed by atoms with van der Waals surface area (Å²) in [6.07, 6.45) is 0.466. The minimum absolute atomic E-state index is 0.0313. The normalized spacial score (nSPS) is 18.9. The molecular formula is C22H24N2O4. The number of aromatic nitrogens is 1. The number of benzene rings is 2. The lowest BCUT2D eigenvalue weighted by molar-refractivity contribution is -0.717. The van der Waals surface area contributed by atoms with Crippen molar-refractivity contribution in [1.82, 2.24) is 4.98 Å². The van der Waals surface area contributed by atoms with Gasteiger partial charge in [-0.1, -0.05) is 18.2 Å². The van der Waals surface area contributed by atoms with Gasteiger partial charge in [-0.15, -0.1) is 0 Å². The Morgan fingerprint density at radius 3 is 2.71 bits per heavy atom. The number of rotatable bonds is 5. The molecular weight excluding hydrogens is 356 g/mol. The zero-order valence-electron chi connectivity index (χ0n) is 16.2. The maximum absolute atomic E-state index is 11.7. The topological polar surface area (TPSA) is 91.0 Å². The minimum atomic E-state index is -1.05. The van der Waals surface area contributed by atoms with Crippen LogP contribution in [0, 0.1) is 0 Å². The first kappa shape index (κ1) is 18.4. The molecule has 3 N–H and O–H groups in total. The fourth-order valence-electron chi connectivity index (χ4n) is 3.99. The molecule has 0 aliphatic carbocycles. The highest BCUT2D eigenvalue weighted by Gasteiger charge is 2.35. The van der Waals surface area contributed by atoms with Crippen molar-refractivity contribution < 1.29 is 24.7 Å². The van der Waals surface area contributed by atoms with Crippen LogP contribution in [-0.4, -0.2) is 30.2 Å². The maximum Gasteiger partial charge on any atom is 0.161 e. The van der Waals surface area contributed by atoms with Crippen LogP contribution in [0.3, 0.4) is 0 Å². The van der Waals surface area contributed by atoms with Crippen molar-refractivity contribution in [2.45, 2.75) is 38.5 Å². The first-order valence-corrected chi connectivity index (χ1v) is 9.48. The second-order valence-corrected chi connectivity index (χ2v) is 7.44. The molecule has 2 heterocycles. The number of para-hydroxylation sites is 1. The van der Waals surface area contributed by atoms with Gasteiger partial charge in [0.25, 0.3) is 0 Å². The van der Waals surface area contributed by atoms with Crippen LogP contribution in [0.4, 0.5) is 0 Å². The van der Waals surface area contributed by atoms with E-state index in [0.717, 1.165) is 27.7 Å². The summed E-state index contributed by atoms with van der Waals surface area (Å²) in [5.41, 5.74) is 4.03. The summed E-state index contributed by atoms with van der Waals surface area (Å²) in [6.45, 7) is 3.92. The summed E-state index contributed by atoms with van der Waals surface area (Å²) in [4.78, 5) is 15.2. The van der Waals surface area contributed by atoms with E-state index in [1.165, 1.54) is 0 Å². The Morgan fingerprint density at radius 2 is 2.00 bits per heavy atom. The van der Waals surface area contributed by atoms with Crippen LogP contribution >= 0.6 is 0 Å². The standard InChI is InChI=1S/C22H24N2O4/c1-12(2)28-18-9-8-13(10-19(18)27-3)20-21-15(11-17(24-20)22(25)26)14-6-4-5-7-16(14)23-21/h4-10,12,17,20,23-24H,11H2,1-3H3,(H,25,26)/t17-,20-/m1/s1. The van der Waals surface area contributed by atoms with Crippen molar-refractivity contribution in [3.8, 4) is 11.5 Å². The SMILES string of the molecule is COc1cc([C@H]2[NH2+][C@@H](C(=O)[O-])Cc3c2[nH]c2ccccc32)ccc1OC(C)C. The Kier molecular flexibility index (Phi) is 4.73. The van der Waals surface area contributed by atoms with Gasteiger partial charge in [0.2, 0.25) is 0 Å². The molecule has 3 aromatic rings. The van der Waals surface area contributed by atoms with Gasteiger partial charge in [0, 0.05) is 22.9 Å². The fraction of sp³-hybridized carbons (Fsp3) is 0.318. The molecule has 1 aromatic heterocycles. The predicted octanol–water partition coefficient (Wildman–Crippen LogP) is 1.29. The third-order valence-electron chi connectivity index (χ3n) is 5.22. The van der Waals surface area contributed by atoms with E-state index in [4.69, 9.17) is 9.47 Å². The van der Waals surface area contributed by atoms with Gasteiger partial charge in [0.15, 0.2) is 17.5 Å². The third-order valence-corrected chi connectivity index (χ3v) is 5.22. The van der Waals surface area contributed by atoms with Crippen molar-refractivity contribution in [3.63, 3.8) is 0 Å². The Bertz CT molecular complexity index is 1020. The molecule has 1 aliphatic rings. The number of carbonyl (C=O) groups excluding carboxylic acids is 1. The smallest absolute Gasteiger partial charge is 0.161 e. The molecule has 0 amide bonds. The Hall–Kier alpha value is -2.99. The Morgan fingerprint density at radius 1 is 1.21 bits per heavy atom. The number of hydrogen-bond acceptors (Lipinski definition) is 4. The molecule has 4 rings (SSSR count). The van der Waals surface area contributed by atoms with E-state index in [9.17, 15) is 9.90 Å². The maximum atomic E-state index is 11.7. The van der Waals surface area contributed by atoms with Gasteiger partial charge in [-0.05, 0) is 43.7 Å². The lowest BCUT2D eigenvalue weighted by Crippen LogP contribution is -2.95. The summed E-state index contributed by atoms with van der Waals surface area (Å²) in [6, 6.07) is 12.9. The molecule has 0 fully saturated rings. The van der Waals surface area contributed by atoms with Crippen molar-refractivity contribution in [2.24, 2.45) is 0 Å². The van der Waals surface area contributed by atoms with Crippen LogP contribution < -0.4 is 19.9 Å². The number of carboxylic acid groups (broad SMARTS) is 1. The summed E-state index contributed by atoms with van der Waals surface area (Å²) < 4.78 is 11.3. The minimum Gasteiger partial charge on any atom is -0.544 e. The van der Waals surface area contributed by atoms with Gasteiger partial charge < -0.3 is 29.7 Å². The summed E-state index contributed by atoms with van der Waals surface area (Å²) in [5, 5.41) is 14.6. The number of carboxylic acids is 1. The Balaban J connectivity index is 1.82. The average molecular weight is 380 g/mol. The second-order valence-electron chi connectivity index (χ2n) is 7.44. The van der Waals surface area contributed by atoms with Crippen LogP contribution in [0.2, 0.25) is 0 Å². The molecule has 2 atom stereocenters. The Labute approximate surface area is 163 Å². The molecule has 2 aromatic carbocycles. The number of hydrogen-bond donors (Lipinski definition) is 2. The zero-order chi connectivity index (χ0) is 19.8. The number of nitrogens with two attached hydrogens (primary N) is 1. The highest BCUT2D eigenvalue weighted by molar-refractivity contribution is 5.86. The van der Waals surface area contributed by atoms with Gasteiger partial charge >= 0.3 is 0 Å². The predicted molar refractivity (Wildman–Crippen MR) is 103 cm³/mol. The monoisotopic (exact) mass is 380 g/mol. The van der Waals surface area contributed by atoms with Crippen molar-refractivity contribution >= 4 is 16.9 Å². The highest BCUT2D eigenvalue weighted by atomic mass is 16.5. The van der Waals surface area contributed by atoms with E-state index in [2.05, 4.69) is 4.98 Å². The lowest BCUT2D eigenvalue weighted by atomic mass is 9.90. The molecule has 0 unspecified atom stereocenters. The van der Waals surface area contributed by atoms with Crippen LogP contribution in [0.15, 0.2) is 42.5 Å². The van der Waals surface area contributed by atoms with Crippen LogP contribution in [0.5, 0.6) is 11.5 Å². The number of aromatic amines is 1. The van der Waals surface area contributed by atoms with Crippen LogP contribution in [-0.2, 0) is 11.2 Å². The van der Waals surface area contributed by atoms with Gasteiger partial charge in [-0.25, -0.2) is 0 Å². The molecule has 0 saturated carbocycles. The first-order valence-electron chi connectivity index (χ1n) is 9.48. The van der Waals surface area contributed by atoms with Crippen molar-refractivity contribution in [2.75, 3.05) is 7.11 Å². The number of carbonyl (C=O) groups is 1. The molecule has 0 bridgehead atoms. The third kappa shape index (κ3) is 3.20. The number of aliphatic carboxylic acids is 1. The molecule has 0 spiro atoms. The largest absolute Gasteiger partial charge is 0.544 e. The zero-order valence-corrected chi connectivity index (χ0v) is 16.2. The summed E-state index contributed by atoms with van der Waals surface area (Å²) in [7, 11) is 1.61. The van der Waals surface area contributed by atoms with Gasteiger partial charge in [-0.3, -0.25) is 0 Å². The fourth-order valence-corrected chi connectivity index (χ4v) is 3.99. The van der Waals surface area contributed by atoms with E-state index >= 15 is 0 Å². The summed E-state index contributed by atoms with van der Waals surface area (Å²) >= 11 is 0. The molecule has 6 heteroatoms. The van der Waals surface area contributed by atoms with Gasteiger partial charge in [0.05, 0.1) is 24.9 Å². The number of H-pyrrole nitrogens is 1. The van der Waals surface area contributed by atoms with E-state index in [1.807, 2.05) is 61.6 Å². The number of quaternary nitrogens is 1. The number of nitrogens with one attached hydrogen (secondary N) is 1. The first-order chi connectivity index (χ1) is 13.5. The molecule has 28 heavy (non-hydrogen) atoms. The molecule has 0 saturated heterocycles. The summed E-state index contributed by atoms with van der Waals surface area (Å²) in [5.74, 6) is 0.255. The number of fused-ring (bicyclic) bond motifs is 3. The van der Waals surface area contributed by atoms with Crippen LogP contribution in [0.25, 0.3) is 10.9 Å². The van der Waals surface area contributed by atoms with Crippen LogP contribution in [0.1, 0.15) is 36.7 Å². The van der Waals surface area contributed by atoms with E-state index in [-0.39, 0.29) is 12.1 Å². The highest BCUT2D eigenvalue weighted by Crippen LogP contribution is 2.35. The van der Waals surface area contributed by atoms with Gasteiger partial charge in [-0.2, -0.15) is 0 Å². The molecule has 1 aliphatic heterocycles. The quantitative estimate of drug-likeness (QED) is 0.698. The van der Waals surface area contributed by atoms with E-state index in [0.29, 0.717) is 17.9 Å². The number of ether oxygens (including phenoxy) is 2. The van der Waals surface area contributed by atoms with Crippen molar-refractivity contribution in [3.05, 3.63) is 59.3 Å². The van der Waals surface area contributed by atoms with E-state index in [1.54, 1.807) is 7.11 Å².